The maximum Gasteiger partial charge on any atom is 0.371 e. The zero-order valence-corrected chi connectivity index (χ0v) is 16.1. The van der Waals surface area contributed by atoms with Crippen molar-refractivity contribution in [3.05, 3.63) is 76.2 Å². The number of benzene rings is 2. The molecule has 1 N–H and O–H groups in total. The molecule has 28 heavy (non-hydrogen) atoms. The molecular weight excluding hydrogens is 382 g/mol. The molecule has 3 aromatic rings. The Kier molecular flexibility index (Phi) is 6.01. The number of aliphatic imine (C=N–C) groups is 1. The maximum absolute atomic E-state index is 10.9. The largest absolute Gasteiger partial charge is 0.493 e. The van der Waals surface area contributed by atoms with E-state index in [4.69, 9.17) is 30.6 Å². The van der Waals surface area contributed by atoms with Gasteiger partial charge in [0.1, 0.15) is 12.4 Å². The molecule has 0 aliphatic rings. The number of ether oxygens (including phenoxy) is 2. The first-order chi connectivity index (χ1) is 13.5. The first-order valence-corrected chi connectivity index (χ1v) is 8.77. The Hall–Kier alpha value is -3.25. The number of rotatable bonds is 7. The van der Waals surface area contributed by atoms with Crippen molar-refractivity contribution in [2.75, 3.05) is 7.11 Å². The van der Waals surface area contributed by atoms with Crippen LogP contribution in [0.25, 0.3) is 0 Å². The predicted molar refractivity (Wildman–Crippen MR) is 106 cm³/mol. The van der Waals surface area contributed by atoms with E-state index in [0.717, 1.165) is 16.8 Å². The van der Waals surface area contributed by atoms with Gasteiger partial charge >= 0.3 is 5.97 Å². The topological polar surface area (TPSA) is 81.3 Å². The Morgan fingerprint density at radius 2 is 2.00 bits per heavy atom. The van der Waals surface area contributed by atoms with Crippen LogP contribution in [-0.4, -0.2) is 24.4 Å². The standard InChI is InChI=1S/C21H18ClNO5/c1-13-3-5-15(10-17(13)22)23-11-14-4-7-18(20(9-14)26-2)27-12-16-6-8-19(28-16)21(24)25/h3-11H,12H2,1-2H3,(H,24,25). The van der Waals surface area contributed by atoms with Crippen LogP contribution >= 0.6 is 11.6 Å². The quantitative estimate of drug-likeness (QED) is 0.547. The van der Waals surface area contributed by atoms with Crippen LogP contribution in [0, 0.1) is 6.92 Å². The third-order valence-corrected chi connectivity index (χ3v) is 4.36. The number of carboxylic acid groups (broad SMARTS) is 1. The third-order valence-electron chi connectivity index (χ3n) is 3.95. The third kappa shape index (κ3) is 4.72. The first-order valence-electron chi connectivity index (χ1n) is 8.39. The summed E-state index contributed by atoms with van der Waals surface area (Å²) in [5.41, 5.74) is 2.57. The summed E-state index contributed by atoms with van der Waals surface area (Å²) in [6.07, 6.45) is 1.71. The Balaban J connectivity index is 1.71. The van der Waals surface area contributed by atoms with Crippen molar-refractivity contribution in [3.8, 4) is 11.5 Å². The fourth-order valence-corrected chi connectivity index (χ4v) is 2.59. The van der Waals surface area contributed by atoms with Crippen molar-refractivity contribution in [2.45, 2.75) is 13.5 Å². The van der Waals surface area contributed by atoms with E-state index in [9.17, 15) is 4.79 Å². The molecule has 1 aromatic heterocycles. The van der Waals surface area contributed by atoms with Crippen molar-refractivity contribution < 1.29 is 23.8 Å². The van der Waals surface area contributed by atoms with Gasteiger partial charge in [-0.15, -0.1) is 0 Å². The fourth-order valence-electron chi connectivity index (χ4n) is 2.41. The molecular formula is C21H18ClNO5. The summed E-state index contributed by atoms with van der Waals surface area (Å²) in [5, 5.41) is 9.55. The van der Waals surface area contributed by atoms with Gasteiger partial charge in [-0.2, -0.15) is 0 Å². The highest BCUT2D eigenvalue weighted by atomic mass is 35.5. The molecule has 0 fully saturated rings. The van der Waals surface area contributed by atoms with E-state index in [2.05, 4.69) is 4.99 Å². The van der Waals surface area contributed by atoms with Gasteiger partial charge in [-0.1, -0.05) is 17.7 Å². The molecule has 7 heteroatoms. The highest BCUT2D eigenvalue weighted by molar-refractivity contribution is 6.31. The number of aromatic carboxylic acids is 1. The van der Waals surface area contributed by atoms with Gasteiger partial charge in [-0.25, -0.2) is 4.79 Å². The summed E-state index contributed by atoms with van der Waals surface area (Å²) >= 11 is 6.12. The van der Waals surface area contributed by atoms with Gasteiger partial charge in [0.25, 0.3) is 0 Å². The van der Waals surface area contributed by atoms with Crippen molar-refractivity contribution in [1.82, 2.24) is 0 Å². The molecule has 0 atom stereocenters. The average Bonchev–Trinajstić information content (AvgIpc) is 3.17. The van der Waals surface area contributed by atoms with Crippen LogP contribution in [-0.2, 0) is 6.61 Å². The first kappa shape index (κ1) is 19.5. The van der Waals surface area contributed by atoms with Crippen molar-refractivity contribution >= 4 is 29.5 Å². The summed E-state index contributed by atoms with van der Waals surface area (Å²) in [4.78, 5) is 15.3. The fraction of sp³-hybridized carbons (Fsp3) is 0.143. The number of halogens is 1. The van der Waals surface area contributed by atoms with Crippen LogP contribution in [0.2, 0.25) is 5.02 Å². The van der Waals surface area contributed by atoms with Crippen molar-refractivity contribution in [2.24, 2.45) is 4.99 Å². The molecule has 2 aromatic carbocycles. The lowest BCUT2D eigenvalue weighted by atomic mass is 10.2. The molecule has 144 valence electrons. The number of nitrogens with zero attached hydrogens (tertiary/aromatic N) is 1. The van der Waals surface area contributed by atoms with Crippen LogP contribution in [0.15, 0.2) is 57.9 Å². The van der Waals surface area contributed by atoms with Gasteiger partial charge in [0, 0.05) is 11.2 Å². The van der Waals surface area contributed by atoms with E-state index in [1.165, 1.54) is 13.2 Å². The summed E-state index contributed by atoms with van der Waals surface area (Å²) in [7, 11) is 1.54. The molecule has 6 nitrogen and oxygen atoms in total. The molecule has 0 aliphatic heterocycles. The molecule has 0 aliphatic carbocycles. The molecule has 0 saturated heterocycles. The average molecular weight is 400 g/mol. The minimum Gasteiger partial charge on any atom is -0.493 e. The Labute approximate surface area is 167 Å². The van der Waals surface area contributed by atoms with Crippen LogP contribution < -0.4 is 9.47 Å². The van der Waals surface area contributed by atoms with Crippen LogP contribution in [0.3, 0.4) is 0 Å². The molecule has 3 rings (SSSR count). The molecule has 0 amide bonds. The minimum atomic E-state index is -1.12. The van der Waals surface area contributed by atoms with Gasteiger partial charge in [0.05, 0.1) is 12.8 Å². The summed E-state index contributed by atoms with van der Waals surface area (Å²) < 4.78 is 16.2. The monoisotopic (exact) mass is 399 g/mol. The minimum absolute atomic E-state index is 0.0823. The molecule has 0 radical (unpaired) electrons. The second-order valence-corrected chi connectivity index (χ2v) is 6.37. The Morgan fingerprint density at radius 3 is 2.68 bits per heavy atom. The number of furan rings is 1. The smallest absolute Gasteiger partial charge is 0.371 e. The number of hydrogen-bond acceptors (Lipinski definition) is 5. The number of methoxy groups -OCH3 is 1. The Bertz CT molecular complexity index is 1030. The van der Waals surface area contributed by atoms with E-state index in [-0.39, 0.29) is 12.4 Å². The number of carbonyl (C=O) groups is 1. The van der Waals surface area contributed by atoms with Crippen LogP contribution in [0.1, 0.15) is 27.4 Å². The summed E-state index contributed by atoms with van der Waals surface area (Å²) in [6, 6.07) is 13.9. The second kappa shape index (κ2) is 8.63. The normalized spacial score (nSPS) is 11.0. The summed E-state index contributed by atoms with van der Waals surface area (Å²) in [5.74, 6) is 0.180. The molecule has 0 saturated carbocycles. The van der Waals surface area contributed by atoms with Gasteiger partial charge in [0.15, 0.2) is 11.5 Å². The highest BCUT2D eigenvalue weighted by Crippen LogP contribution is 2.29. The van der Waals surface area contributed by atoms with E-state index in [1.54, 1.807) is 30.5 Å². The lowest BCUT2D eigenvalue weighted by Gasteiger charge is -2.10. The molecule has 0 bridgehead atoms. The maximum atomic E-state index is 10.9. The predicted octanol–water partition coefficient (Wildman–Crippen LogP) is 5.28. The highest BCUT2D eigenvalue weighted by Gasteiger charge is 2.11. The van der Waals surface area contributed by atoms with Gasteiger partial charge in [-0.05, 0) is 60.5 Å². The van der Waals surface area contributed by atoms with E-state index in [1.807, 2.05) is 25.1 Å². The lowest BCUT2D eigenvalue weighted by Crippen LogP contribution is -1.98. The van der Waals surface area contributed by atoms with Gasteiger partial charge < -0.3 is 19.0 Å². The second-order valence-electron chi connectivity index (χ2n) is 5.96. The zero-order valence-electron chi connectivity index (χ0n) is 15.3. The zero-order chi connectivity index (χ0) is 20.1. The summed E-state index contributed by atoms with van der Waals surface area (Å²) in [6.45, 7) is 2.02. The van der Waals surface area contributed by atoms with Gasteiger partial charge in [0.2, 0.25) is 5.76 Å². The Morgan fingerprint density at radius 1 is 1.18 bits per heavy atom. The van der Waals surface area contributed by atoms with E-state index < -0.39 is 5.97 Å². The number of aryl methyl sites for hydroxylation is 1. The van der Waals surface area contributed by atoms with Crippen LogP contribution in [0.4, 0.5) is 5.69 Å². The van der Waals surface area contributed by atoms with Crippen LogP contribution in [0.5, 0.6) is 11.5 Å². The van der Waals surface area contributed by atoms with E-state index >= 15 is 0 Å². The number of hydrogen-bond donors (Lipinski definition) is 1. The number of carboxylic acids is 1. The van der Waals surface area contributed by atoms with Crippen molar-refractivity contribution in [1.29, 1.82) is 0 Å². The van der Waals surface area contributed by atoms with Crippen molar-refractivity contribution in [3.63, 3.8) is 0 Å². The molecule has 0 spiro atoms. The molecule has 1 heterocycles. The SMILES string of the molecule is COc1cc(C=Nc2ccc(C)c(Cl)c2)ccc1OCc1ccc(C(=O)O)o1. The lowest BCUT2D eigenvalue weighted by molar-refractivity contribution is 0.0658. The van der Waals surface area contributed by atoms with Gasteiger partial charge in [-0.3, -0.25) is 4.99 Å². The van der Waals surface area contributed by atoms with E-state index in [0.29, 0.717) is 22.3 Å². The molecule has 0 unspecified atom stereocenters.